The van der Waals surface area contributed by atoms with Crippen molar-refractivity contribution in [1.82, 2.24) is 15.5 Å². The lowest BCUT2D eigenvalue weighted by Crippen LogP contribution is -2.46. The van der Waals surface area contributed by atoms with Crippen LogP contribution < -0.4 is 10.6 Å². The van der Waals surface area contributed by atoms with Gasteiger partial charge < -0.3 is 20.0 Å². The average molecular weight is 265 g/mol. The molecule has 2 N–H and O–H groups in total. The van der Waals surface area contributed by atoms with Crippen LogP contribution >= 0.6 is 0 Å². The van der Waals surface area contributed by atoms with Crippen molar-refractivity contribution in [3.63, 3.8) is 0 Å². The Bertz CT molecular complexity index is 422. The van der Waals surface area contributed by atoms with Crippen molar-refractivity contribution in [3.05, 3.63) is 24.2 Å². The van der Waals surface area contributed by atoms with E-state index in [2.05, 4.69) is 10.6 Å². The van der Waals surface area contributed by atoms with Gasteiger partial charge in [-0.25, -0.2) is 4.79 Å². The van der Waals surface area contributed by atoms with Crippen molar-refractivity contribution < 1.29 is 14.0 Å². The second kappa shape index (κ2) is 6.26. The zero-order valence-corrected chi connectivity index (χ0v) is 11.0. The highest BCUT2D eigenvalue weighted by molar-refractivity contribution is 5.79. The van der Waals surface area contributed by atoms with Gasteiger partial charge in [-0.3, -0.25) is 4.79 Å². The van der Waals surface area contributed by atoms with Gasteiger partial charge in [-0.2, -0.15) is 0 Å². The molecule has 1 fully saturated rings. The van der Waals surface area contributed by atoms with E-state index < -0.39 is 0 Å². The van der Waals surface area contributed by atoms with Crippen LogP contribution in [0, 0.1) is 5.92 Å². The molecule has 0 aliphatic carbocycles. The van der Waals surface area contributed by atoms with Crippen LogP contribution in [0.1, 0.15) is 18.6 Å². The summed E-state index contributed by atoms with van der Waals surface area (Å²) in [4.78, 5) is 25.1. The number of hydrogen-bond acceptors (Lipinski definition) is 3. The van der Waals surface area contributed by atoms with Crippen molar-refractivity contribution >= 4 is 11.9 Å². The van der Waals surface area contributed by atoms with Gasteiger partial charge in [0.1, 0.15) is 5.76 Å². The van der Waals surface area contributed by atoms with E-state index in [1.165, 1.54) is 0 Å². The van der Waals surface area contributed by atoms with E-state index >= 15 is 0 Å². The van der Waals surface area contributed by atoms with Crippen LogP contribution in [0.5, 0.6) is 0 Å². The molecule has 1 aliphatic rings. The van der Waals surface area contributed by atoms with Crippen LogP contribution in [0.2, 0.25) is 0 Å². The monoisotopic (exact) mass is 265 g/mol. The molecular weight excluding hydrogens is 246 g/mol. The van der Waals surface area contributed by atoms with Crippen LogP contribution in [-0.2, 0) is 11.3 Å². The van der Waals surface area contributed by atoms with Gasteiger partial charge >= 0.3 is 6.03 Å². The summed E-state index contributed by atoms with van der Waals surface area (Å²) in [6.07, 6.45) is 3.01. The Kier molecular flexibility index (Phi) is 4.43. The fourth-order valence-corrected chi connectivity index (χ4v) is 2.24. The minimum atomic E-state index is -0.105. The smallest absolute Gasteiger partial charge is 0.317 e. The number of urea groups is 1. The first-order valence-corrected chi connectivity index (χ1v) is 6.47. The maximum atomic E-state index is 11.9. The van der Waals surface area contributed by atoms with E-state index in [9.17, 15) is 9.59 Å². The predicted octanol–water partition coefficient (Wildman–Crippen LogP) is 0.947. The van der Waals surface area contributed by atoms with Crippen molar-refractivity contribution in [2.45, 2.75) is 19.4 Å². The Morgan fingerprint density at radius 1 is 1.42 bits per heavy atom. The lowest BCUT2D eigenvalue weighted by Gasteiger charge is -2.31. The van der Waals surface area contributed by atoms with Gasteiger partial charge in [-0.05, 0) is 25.0 Å². The topological polar surface area (TPSA) is 74.6 Å². The number of furan rings is 1. The van der Waals surface area contributed by atoms with Crippen molar-refractivity contribution in [2.75, 3.05) is 20.1 Å². The molecule has 3 amide bonds. The minimum Gasteiger partial charge on any atom is -0.467 e. The molecule has 104 valence electrons. The summed E-state index contributed by atoms with van der Waals surface area (Å²) in [6, 6.07) is 3.50. The van der Waals surface area contributed by atoms with E-state index in [1.54, 1.807) is 24.3 Å². The Hall–Kier alpha value is -1.98. The van der Waals surface area contributed by atoms with Crippen LogP contribution in [0.4, 0.5) is 4.79 Å². The molecular formula is C13H19N3O3. The lowest BCUT2D eigenvalue weighted by molar-refractivity contribution is -0.125. The van der Waals surface area contributed by atoms with Gasteiger partial charge in [0.25, 0.3) is 0 Å². The average Bonchev–Trinajstić information content (AvgIpc) is 2.97. The van der Waals surface area contributed by atoms with Crippen molar-refractivity contribution in [3.8, 4) is 0 Å². The SMILES string of the molecule is CNC(=O)C1CCN(C(=O)NCc2ccco2)CC1. The van der Waals surface area contributed by atoms with Crippen molar-refractivity contribution in [1.29, 1.82) is 0 Å². The van der Waals surface area contributed by atoms with Crippen LogP contribution in [0.15, 0.2) is 22.8 Å². The molecule has 0 aromatic carbocycles. The molecule has 6 nitrogen and oxygen atoms in total. The lowest BCUT2D eigenvalue weighted by atomic mass is 9.96. The number of carbonyl (C=O) groups is 2. The van der Waals surface area contributed by atoms with Gasteiger partial charge in [-0.15, -0.1) is 0 Å². The van der Waals surface area contributed by atoms with E-state index in [4.69, 9.17) is 4.42 Å². The number of hydrogen-bond donors (Lipinski definition) is 2. The number of amides is 3. The molecule has 1 saturated heterocycles. The van der Waals surface area contributed by atoms with E-state index in [0.717, 1.165) is 5.76 Å². The molecule has 2 rings (SSSR count). The first-order valence-electron chi connectivity index (χ1n) is 6.47. The third-order valence-corrected chi connectivity index (χ3v) is 3.39. The summed E-state index contributed by atoms with van der Waals surface area (Å²) < 4.78 is 5.15. The van der Waals surface area contributed by atoms with E-state index in [0.29, 0.717) is 32.5 Å². The highest BCUT2D eigenvalue weighted by atomic mass is 16.3. The number of piperidine rings is 1. The summed E-state index contributed by atoms with van der Waals surface area (Å²) in [5, 5.41) is 5.46. The second-order valence-corrected chi connectivity index (χ2v) is 4.61. The molecule has 0 atom stereocenters. The zero-order chi connectivity index (χ0) is 13.7. The third-order valence-electron chi connectivity index (χ3n) is 3.39. The number of likely N-dealkylation sites (tertiary alicyclic amines) is 1. The molecule has 0 saturated carbocycles. The Labute approximate surface area is 112 Å². The molecule has 2 heterocycles. The summed E-state index contributed by atoms with van der Waals surface area (Å²) in [5.74, 6) is 0.823. The molecule has 0 radical (unpaired) electrons. The molecule has 6 heteroatoms. The maximum Gasteiger partial charge on any atom is 0.317 e. The normalized spacial score (nSPS) is 16.2. The molecule has 0 bridgehead atoms. The number of rotatable bonds is 3. The molecule has 0 unspecified atom stereocenters. The Morgan fingerprint density at radius 3 is 2.74 bits per heavy atom. The Morgan fingerprint density at radius 2 is 2.16 bits per heavy atom. The number of nitrogens with zero attached hydrogens (tertiary/aromatic N) is 1. The third kappa shape index (κ3) is 3.49. The van der Waals surface area contributed by atoms with Crippen LogP contribution in [0.3, 0.4) is 0 Å². The van der Waals surface area contributed by atoms with E-state index in [1.807, 2.05) is 6.07 Å². The summed E-state index contributed by atoms with van der Waals surface area (Å²) in [5.41, 5.74) is 0. The van der Waals surface area contributed by atoms with Gasteiger partial charge in [0.2, 0.25) is 5.91 Å². The van der Waals surface area contributed by atoms with Gasteiger partial charge in [0.15, 0.2) is 0 Å². The highest BCUT2D eigenvalue weighted by Gasteiger charge is 2.26. The van der Waals surface area contributed by atoms with Crippen molar-refractivity contribution in [2.24, 2.45) is 5.92 Å². The highest BCUT2D eigenvalue weighted by Crippen LogP contribution is 2.17. The van der Waals surface area contributed by atoms with Gasteiger partial charge in [0, 0.05) is 26.1 Å². The molecule has 0 spiro atoms. The largest absolute Gasteiger partial charge is 0.467 e. The number of carbonyl (C=O) groups excluding carboxylic acids is 2. The summed E-state index contributed by atoms with van der Waals surface area (Å²) >= 11 is 0. The maximum absolute atomic E-state index is 11.9. The van der Waals surface area contributed by atoms with Crippen LogP contribution in [0.25, 0.3) is 0 Å². The fraction of sp³-hybridized carbons (Fsp3) is 0.538. The summed E-state index contributed by atoms with van der Waals surface area (Å²) in [7, 11) is 1.64. The molecule has 1 aliphatic heterocycles. The fourth-order valence-electron chi connectivity index (χ4n) is 2.24. The molecule has 1 aromatic rings. The predicted molar refractivity (Wildman–Crippen MR) is 69.3 cm³/mol. The minimum absolute atomic E-state index is 0.0270. The quantitative estimate of drug-likeness (QED) is 0.854. The number of nitrogens with one attached hydrogen (secondary N) is 2. The van der Waals surface area contributed by atoms with Crippen LogP contribution in [-0.4, -0.2) is 37.0 Å². The Balaban J connectivity index is 1.74. The van der Waals surface area contributed by atoms with Gasteiger partial charge in [0.05, 0.1) is 12.8 Å². The molecule has 1 aromatic heterocycles. The standard InChI is InChI=1S/C13H19N3O3/c1-14-12(17)10-4-6-16(7-5-10)13(18)15-9-11-3-2-8-19-11/h2-3,8,10H,4-7,9H2,1H3,(H,14,17)(H,15,18). The van der Waals surface area contributed by atoms with E-state index in [-0.39, 0.29) is 17.9 Å². The van der Waals surface area contributed by atoms with Gasteiger partial charge in [-0.1, -0.05) is 0 Å². The second-order valence-electron chi connectivity index (χ2n) is 4.61. The summed E-state index contributed by atoms with van der Waals surface area (Å²) in [6.45, 7) is 1.62. The zero-order valence-electron chi connectivity index (χ0n) is 11.0. The first kappa shape index (κ1) is 13.5. The first-order chi connectivity index (χ1) is 9.20. The molecule has 19 heavy (non-hydrogen) atoms.